The molecule has 0 saturated heterocycles. The number of hydrogen-bond donors (Lipinski definition) is 2. The molecule has 0 aliphatic heterocycles. The maximum Gasteiger partial charge on any atom is 0.500 e. The minimum atomic E-state index is -2.59. The van der Waals surface area contributed by atoms with Crippen molar-refractivity contribution < 1.29 is 37.4 Å². The fourth-order valence-electron chi connectivity index (χ4n) is 2.61. The lowest BCUT2D eigenvalue weighted by atomic mass is 10.2. The molecule has 0 aromatic rings. The largest absolute Gasteiger partial charge is 0.500 e. The SMILES string of the molecule is CCO[Si](CCCCCOC(=O)NCCOCCC=C(C)C(=O)O)(OCC)OCC. The van der Waals surface area contributed by atoms with Gasteiger partial charge in [-0.2, -0.15) is 0 Å². The smallest absolute Gasteiger partial charge is 0.478 e. The van der Waals surface area contributed by atoms with Gasteiger partial charge in [-0.3, -0.25) is 0 Å². The highest BCUT2D eigenvalue weighted by molar-refractivity contribution is 6.60. The summed E-state index contributed by atoms with van der Waals surface area (Å²) in [6.45, 7) is 10.5. The highest BCUT2D eigenvalue weighted by Crippen LogP contribution is 2.19. The first kappa shape index (κ1) is 28.5. The van der Waals surface area contributed by atoms with Gasteiger partial charge in [-0.05, 0) is 47.0 Å². The fraction of sp³-hybridized carbons (Fsp3) is 0.800. The van der Waals surface area contributed by atoms with Crippen molar-refractivity contribution in [3.8, 4) is 0 Å². The predicted molar refractivity (Wildman–Crippen MR) is 115 cm³/mol. The summed E-state index contributed by atoms with van der Waals surface area (Å²) in [4.78, 5) is 22.2. The number of unbranched alkanes of at least 4 members (excludes halogenated alkanes) is 2. The summed E-state index contributed by atoms with van der Waals surface area (Å²) >= 11 is 0. The number of hydrogen-bond acceptors (Lipinski definition) is 7. The van der Waals surface area contributed by atoms with Crippen LogP contribution in [0.2, 0.25) is 6.04 Å². The molecule has 1 amide bonds. The molecule has 0 spiro atoms. The van der Waals surface area contributed by atoms with Crippen molar-refractivity contribution in [2.45, 2.75) is 59.4 Å². The molecule has 0 bridgehead atoms. The van der Waals surface area contributed by atoms with Crippen LogP contribution in [0.1, 0.15) is 53.4 Å². The van der Waals surface area contributed by atoms with Crippen LogP contribution in [-0.4, -0.2) is 72.2 Å². The molecule has 0 aliphatic rings. The lowest BCUT2D eigenvalue weighted by molar-refractivity contribution is -0.132. The average molecular weight is 450 g/mol. The quantitative estimate of drug-likeness (QED) is 0.175. The van der Waals surface area contributed by atoms with Gasteiger partial charge in [0.15, 0.2) is 0 Å². The zero-order chi connectivity index (χ0) is 22.7. The maximum absolute atomic E-state index is 11.6. The summed E-state index contributed by atoms with van der Waals surface area (Å²) < 4.78 is 27.9. The van der Waals surface area contributed by atoms with Crippen molar-refractivity contribution in [1.82, 2.24) is 5.32 Å². The molecule has 176 valence electrons. The Bertz CT molecular complexity index is 484. The van der Waals surface area contributed by atoms with Crippen molar-refractivity contribution in [3.63, 3.8) is 0 Å². The minimum Gasteiger partial charge on any atom is -0.478 e. The molecule has 0 saturated carbocycles. The van der Waals surface area contributed by atoms with Crippen LogP contribution in [0, 0.1) is 0 Å². The number of nitrogens with one attached hydrogen (secondary N) is 1. The van der Waals surface area contributed by atoms with Crippen LogP contribution in [0.4, 0.5) is 4.79 Å². The Hall–Kier alpha value is -1.46. The van der Waals surface area contributed by atoms with E-state index in [-0.39, 0.29) is 0 Å². The van der Waals surface area contributed by atoms with E-state index >= 15 is 0 Å². The summed E-state index contributed by atoms with van der Waals surface area (Å²) in [5.74, 6) is -0.932. The second-order valence-electron chi connectivity index (χ2n) is 6.45. The molecule has 10 heteroatoms. The first-order valence-corrected chi connectivity index (χ1v) is 12.6. The van der Waals surface area contributed by atoms with Crippen LogP contribution in [0.15, 0.2) is 11.6 Å². The van der Waals surface area contributed by atoms with E-state index in [1.807, 2.05) is 20.8 Å². The van der Waals surface area contributed by atoms with E-state index in [4.69, 9.17) is 27.9 Å². The monoisotopic (exact) mass is 449 g/mol. The van der Waals surface area contributed by atoms with Gasteiger partial charge >= 0.3 is 20.9 Å². The van der Waals surface area contributed by atoms with Crippen LogP contribution in [-0.2, 0) is 27.5 Å². The Morgan fingerprint density at radius 1 is 0.933 bits per heavy atom. The van der Waals surface area contributed by atoms with Crippen molar-refractivity contribution >= 4 is 20.9 Å². The molecule has 0 aromatic carbocycles. The molecular weight excluding hydrogens is 410 g/mol. The van der Waals surface area contributed by atoms with E-state index in [1.54, 1.807) is 6.08 Å². The third-order valence-corrected chi connectivity index (χ3v) is 7.17. The number of carboxylic acid groups (broad SMARTS) is 1. The summed E-state index contributed by atoms with van der Waals surface area (Å²) in [5.41, 5.74) is 0.294. The summed E-state index contributed by atoms with van der Waals surface area (Å²) in [6.07, 6.45) is 4.19. The third-order valence-electron chi connectivity index (χ3n) is 4.02. The first-order valence-electron chi connectivity index (χ1n) is 10.7. The van der Waals surface area contributed by atoms with Crippen molar-refractivity contribution in [2.75, 3.05) is 46.2 Å². The van der Waals surface area contributed by atoms with Gasteiger partial charge in [0, 0.05) is 38.0 Å². The maximum atomic E-state index is 11.6. The number of carbonyl (C=O) groups excluding carboxylic acids is 1. The molecule has 9 nitrogen and oxygen atoms in total. The standard InChI is InChI=1S/C20H39NO8Si/c1-5-27-30(28-6-2,29-7-3)17-10-8-9-15-26-20(24)21-13-16-25-14-11-12-18(4)19(22)23/h12H,5-11,13-17H2,1-4H3,(H,21,24)(H,22,23). The Morgan fingerprint density at radius 3 is 2.13 bits per heavy atom. The van der Waals surface area contributed by atoms with Gasteiger partial charge in [0.1, 0.15) is 0 Å². The highest BCUT2D eigenvalue weighted by Gasteiger charge is 2.39. The molecular formula is C20H39NO8Si. The van der Waals surface area contributed by atoms with Crippen molar-refractivity contribution in [1.29, 1.82) is 0 Å². The molecule has 0 unspecified atom stereocenters. The molecule has 0 atom stereocenters. The first-order chi connectivity index (χ1) is 14.4. The molecule has 0 radical (unpaired) electrons. The minimum absolute atomic E-state index is 0.294. The second kappa shape index (κ2) is 18.3. The average Bonchev–Trinajstić information content (AvgIpc) is 2.70. The second-order valence-corrected chi connectivity index (χ2v) is 9.18. The van der Waals surface area contributed by atoms with Gasteiger partial charge in [-0.25, -0.2) is 9.59 Å². The van der Waals surface area contributed by atoms with Crippen LogP contribution < -0.4 is 5.32 Å². The highest BCUT2D eigenvalue weighted by atomic mass is 28.4. The topological polar surface area (TPSA) is 113 Å². The van der Waals surface area contributed by atoms with Gasteiger partial charge in [0.05, 0.1) is 19.8 Å². The van der Waals surface area contributed by atoms with E-state index in [0.29, 0.717) is 58.2 Å². The molecule has 0 rings (SSSR count). The molecule has 0 aliphatic carbocycles. The van der Waals surface area contributed by atoms with Crippen LogP contribution in [0.5, 0.6) is 0 Å². The third kappa shape index (κ3) is 14.5. The Morgan fingerprint density at radius 2 is 1.57 bits per heavy atom. The van der Waals surface area contributed by atoms with Crippen LogP contribution in [0.3, 0.4) is 0 Å². The number of ether oxygens (including phenoxy) is 2. The Kier molecular flexibility index (Phi) is 17.4. The zero-order valence-electron chi connectivity index (χ0n) is 18.9. The van der Waals surface area contributed by atoms with Gasteiger partial charge in [-0.1, -0.05) is 12.5 Å². The molecule has 0 fully saturated rings. The number of carbonyl (C=O) groups is 2. The van der Waals surface area contributed by atoms with Gasteiger partial charge in [0.25, 0.3) is 0 Å². The number of rotatable bonds is 19. The van der Waals surface area contributed by atoms with Gasteiger partial charge in [0.2, 0.25) is 0 Å². The van der Waals surface area contributed by atoms with Crippen LogP contribution >= 0.6 is 0 Å². The van der Waals surface area contributed by atoms with E-state index in [9.17, 15) is 9.59 Å². The molecule has 0 heterocycles. The summed E-state index contributed by atoms with van der Waals surface area (Å²) in [6, 6.07) is 0.757. The summed E-state index contributed by atoms with van der Waals surface area (Å²) in [7, 11) is -2.59. The lowest BCUT2D eigenvalue weighted by Gasteiger charge is -2.28. The zero-order valence-corrected chi connectivity index (χ0v) is 19.9. The number of alkyl carbamates (subject to hydrolysis) is 1. The Balaban J connectivity index is 3.77. The molecule has 0 aromatic heterocycles. The number of carboxylic acids is 1. The van der Waals surface area contributed by atoms with Crippen molar-refractivity contribution in [3.05, 3.63) is 11.6 Å². The van der Waals surface area contributed by atoms with E-state index in [1.165, 1.54) is 6.92 Å². The summed E-state index contributed by atoms with van der Waals surface area (Å²) in [5, 5.41) is 11.3. The molecule has 2 N–H and O–H groups in total. The van der Waals surface area contributed by atoms with Gasteiger partial charge in [-0.15, -0.1) is 0 Å². The normalized spacial score (nSPS) is 12.1. The van der Waals surface area contributed by atoms with E-state index in [2.05, 4.69) is 5.32 Å². The number of aliphatic carboxylic acids is 1. The molecule has 30 heavy (non-hydrogen) atoms. The van der Waals surface area contributed by atoms with E-state index in [0.717, 1.165) is 25.3 Å². The number of amides is 1. The van der Waals surface area contributed by atoms with Crippen molar-refractivity contribution in [2.24, 2.45) is 0 Å². The van der Waals surface area contributed by atoms with Crippen LogP contribution in [0.25, 0.3) is 0 Å². The van der Waals surface area contributed by atoms with E-state index < -0.39 is 20.9 Å². The van der Waals surface area contributed by atoms with Gasteiger partial charge < -0.3 is 33.2 Å². The fourth-order valence-corrected chi connectivity index (χ4v) is 5.30. The lowest BCUT2D eigenvalue weighted by Crippen LogP contribution is -2.45. The predicted octanol–water partition coefficient (Wildman–Crippen LogP) is 3.37. The Labute approximate surface area is 181 Å².